The van der Waals surface area contributed by atoms with Gasteiger partial charge in [0.2, 0.25) is 0 Å². The van der Waals surface area contributed by atoms with E-state index in [0.29, 0.717) is 0 Å². The largest absolute Gasteiger partial charge is 0.252 e. The van der Waals surface area contributed by atoms with Crippen LogP contribution in [0.15, 0.2) is 48.5 Å². The summed E-state index contributed by atoms with van der Waals surface area (Å²) in [5, 5.41) is 0. The van der Waals surface area contributed by atoms with Crippen molar-refractivity contribution in [2.24, 2.45) is 0 Å². The molecular weight excluding hydrogens is 333 g/mol. The second-order valence-corrected chi connectivity index (χ2v) is 10.9. The summed E-state index contributed by atoms with van der Waals surface area (Å²) in [6, 6.07) is 17.3. The van der Waals surface area contributed by atoms with Crippen molar-refractivity contribution in [3.8, 4) is 11.3 Å². The Balaban J connectivity index is 1.54. The quantitative estimate of drug-likeness (QED) is 0.503. The summed E-state index contributed by atoms with van der Waals surface area (Å²) in [6.07, 6.45) is 16.0. The van der Waals surface area contributed by atoms with Gasteiger partial charge in [0.25, 0.3) is 0 Å². The van der Waals surface area contributed by atoms with E-state index in [-0.39, 0.29) is 7.92 Å². The lowest BCUT2D eigenvalue weighted by molar-refractivity contribution is 0.484. The van der Waals surface area contributed by atoms with Crippen LogP contribution in [-0.2, 0) is 6.16 Å². The van der Waals surface area contributed by atoms with E-state index in [2.05, 4.69) is 48.5 Å². The third kappa shape index (κ3) is 4.55. The van der Waals surface area contributed by atoms with Crippen molar-refractivity contribution in [2.45, 2.75) is 81.7 Å². The topological polar surface area (TPSA) is 12.9 Å². The molecule has 4 rings (SSSR count). The monoisotopic (exact) mass is 365 g/mol. The SMILES string of the molecule is c1ccc(-c2cccc(CP(C3CCCCC3)C3CCCCC3)n2)cc1. The smallest absolute Gasteiger partial charge is 0.0705 e. The van der Waals surface area contributed by atoms with Crippen LogP contribution in [0.25, 0.3) is 11.3 Å². The van der Waals surface area contributed by atoms with E-state index in [9.17, 15) is 0 Å². The summed E-state index contributed by atoms with van der Waals surface area (Å²) < 4.78 is 0. The maximum Gasteiger partial charge on any atom is 0.0705 e. The van der Waals surface area contributed by atoms with Crippen molar-refractivity contribution in [1.82, 2.24) is 4.98 Å². The van der Waals surface area contributed by atoms with Gasteiger partial charge in [0.05, 0.1) is 5.69 Å². The van der Waals surface area contributed by atoms with E-state index in [0.717, 1.165) is 17.0 Å². The van der Waals surface area contributed by atoms with Gasteiger partial charge < -0.3 is 0 Å². The van der Waals surface area contributed by atoms with Gasteiger partial charge in [-0.1, -0.05) is 82.8 Å². The summed E-state index contributed by atoms with van der Waals surface area (Å²) in [7, 11) is 0.0829. The van der Waals surface area contributed by atoms with Crippen LogP contribution in [0.3, 0.4) is 0 Å². The zero-order valence-corrected chi connectivity index (χ0v) is 16.8. The van der Waals surface area contributed by atoms with Crippen LogP contribution in [0, 0.1) is 0 Å². The van der Waals surface area contributed by atoms with Crippen LogP contribution in [0.1, 0.15) is 69.9 Å². The number of hydrogen-bond acceptors (Lipinski definition) is 1. The van der Waals surface area contributed by atoms with Gasteiger partial charge in [-0.15, -0.1) is 0 Å². The number of benzene rings is 1. The van der Waals surface area contributed by atoms with E-state index in [1.807, 2.05) is 0 Å². The van der Waals surface area contributed by atoms with Crippen LogP contribution >= 0.6 is 7.92 Å². The zero-order valence-electron chi connectivity index (χ0n) is 15.9. The molecule has 2 aliphatic carbocycles. The Morgan fingerprint density at radius 1 is 0.692 bits per heavy atom. The average molecular weight is 366 g/mol. The molecule has 0 spiro atoms. The van der Waals surface area contributed by atoms with Crippen LogP contribution in [0.4, 0.5) is 0 Å². The lowest BCUT2D eigenvalue weighted by atomic mass is 9.99. The first kappa shape index (κ1) is 18.2. The third-order valence-corrected chi connectivity index (χ3v) is 9.91. The average Bonchev–Trinajstić information content (AvgIpc) is 2.74. The molecule has 0 aliphatic heterocycles. The van der Waals surface area contributed by atoms with Gasteiger partial charge in [0, 0.05) is 17.4 Å². The summed E-state index contributed by atoms with van der Waals surface area (Å²) in [6.45, 7) is 0. The predicted molar refractivity (Wildman–Crippen MR) is 114 cm³/mol. The maximum absolute atomic E-state index is 5.09. The fraction of sp³-hybridized carbons (Fsp3) is 0.542. The summed E-state index contributed by atoms with van der Waals surface area (Å²) >= 11 is 0. The van der Waals surface area contributed by atoms with E-state index in [1.54, 1.807) is 0 Å². The van der Waals surface area contributed by atoms with Crippen molar-refractivity contribution >= 4 is 7.92 Å². The molecule has 1 heterocycles. The third-order valence-electron chi connectivity index (χ3n) is 6.31. The first-order valence-corrected chi connectivity index (χ1v) is 12.3. The van der Waals surface area contributed by atoms with E-state index in [1.165, 1.54) is 81.6 Å². The van der Waals surface area contributed by atoms with E-state index in [4.69, 9.17) is 4.98 Å². The predicted octanol–water partition coefficient (Wildman–Crippen LogP) is 7.40. The molecule has 2 saturated carbocycles. The number of rotatable bonds is 5. The van der Waals surface area contributed by atoms with Crippen LogP contribution < -0.4 is 0 Å². The normalized spacial score (nSPS) is 19.7. The summed E-state index contributed by atoms with van der Waals surface area (Å²) in [5.74, 6) is 0. The molecule has 2 heteroatoms. The van der Waals surface area contributed by atoms with Gasteiger partial charge in [-0.25, -0.2) is 0 Å². The molecule has 26 heavy (non-hydrogen) atoms. The Labute approximate surface area is 160 Å². The molecular formula is C24H32NP. The number of aromatic nitrogens is 1. The standard InChI is InChI=1S/C24H32NP/c1-4-11-20(12-5-1)24-18-10-13-21(25-24)19-26(22-14-6-2-7-15-22)23-16-8-3-9-17-23/h1,4-5,10-13,18,22-23H,2-3,6-9,14-17,19H2. The molecule has 0 saturated heterocycles. The molecule has 2 aromatic rings. The summed E-state index contributed by atoms with van der Waals surface area (Å²) in [4.78, 5) is 5.09. The minimum absolute atomic E-state index is 0.0829. The van der Waals surface area contributed by atoms with Gasteiger partial charge in [0.1, 0.15) is 0 Å². The van der Waals surface area contributed by atoms with Crippen molar-refractivity contribution in [2.75, 3.05) is 0 Å². The molecule has 0 N–H and O–H groups in total. The molecule has 2 fully saturated rings. The highest BCUT2D eigenvalue weighted by atomic mass is 31.1. The lowest BCUT2D eigenvalue weighted by Crippen LogP contribution is -2.21. The Hall–Kier alpha value is -1.20. The Morgan fingerprint density at radius 2 is 1.31 bits per heavy atom. The number of pyridine rings is 1. The molecule has 0 radical (unpaired) electrons. The molecule has 0 amide bonds. The van der Waals surface area contributed by atoms with Crippen molar-refractivity contribution in [3.63, 3.8) is 0 Å². The van der Waals surface area contributed by atoms with Gasteiger partial charge >= 0.3 is 0 Å². The Kier molecular flexibility index (Phi) is 6.39. The second-order valence-electron chi connectivity index (χ2n) is 8.14. The van der Waals surface area contributed by atoms with Gasteiger partial charge in [-0.2, -0.15) is 0 Å². The van der Waals surface area contributed by atoms with Crippen LogP contribution in [0.5, 0.6) is 0 Å². The molecule has 0 unspecified atom stereocenters. The van der Waals surface area contributed by atoms with Gasteiger partial charge in [0.15, 0.2) is 0 Å². The molecule has 1 aromatic heterocycles. The lowest BCUT2D eigenvalue weighted by Gasteiger charge is -2.38. The molecule has 0 atom stereocenters. The highest BCUT2D eigenvalue weighted by Crippen LogP contribution is 2.57. The fourth-order valence-corrected chi connectivity index (χ4v) is 8.63. The van der Waals surface area contributed by atoms with Crippen molar-refractivity contribution in [3.05, 3.63) is 54.2 Å². The first-order chi connectivity index (χ1) is 12.9. The summed E-state index contributed by atoms with van der Waals surface area (Å²) in [5.41, 5.74) is 5.74. The van der Waals surface area contributed by atoms with Crippen LogP contribution in [-0.4, -0.2) is 16.3 Å². The minimum Gasteiger partial charge on any atom is -0.252 e. The Morgan fingerprint density at radius 3 is 1.92 bits per heavy atom. The zero-order chi connectivity index (χ0) is 17.6. The molecule has 138 valence electrons. The van der Waals surface area contributed by atoms with Gasteiger partial charge in [-0.3, -0.25) is 4.98 Å². The second kappa shape index (κ2) is 9.14. The highest BCUT2D eigenvalue weighted by Gasteiger charge is 2.31. The van der Waals surface area contributed by atoms with E-state index < -0.39 is 0 Å². The first-order valence-electron chi connectivity index (χ1n) is 10.7. The molecule has 2 aliphatic rings. The molecule has 1 nitrogen and oxygen atoms in total. The van der Waals surface area contributed by atoms with E-state index >= 15 is 0 Å². The molecule has 1 aromatic carbocycles. The van der Waals surface area contributed by atoms with Crippen LogP contribution in [0.2, 0.25) is 0 Å². The number of nitrogens with zero attached hydrogens (tertiary/aromatic N) is 1. The minimum atomic E-state index is 0.0829. The van der Waals surface area contributed by atoms with Gasteiger partial charge in [-0.05, 0) is 49.1 Å². The fourth-order valence-electron chi connectivity index (χ4n) is 4.91. The van der Waals surface area contributed by atoms with Crippen molar-refractivity contribution in [1.29, 1.82) is 0 Å². The molecule has 0 bridgehead atoms. The maximum atomic E-state index is 5.09. The highest BCUT2D eigenvalue weighted by molar-refractivity contribution is 7.58. The number of hydrogen-bond donors (Lipinski definition) is 0. The van der Waals surface area contributed by atoms with Crippen molar-refractivity contribution < 1.29 is 0 Å². The Bertz CT molecular complexity index is 654.